The van der Waals surface area contributed by atoms with Crippen LogP contribution in [0.4, 0.5) is 0 Å². The summed E-state index contributed by atoms with van der Waals surface area (Å²) < 4.78 is 49.6. The molecule has 0 radical (unpaired) electrons. The molecule has 0 aromatic rings. The van der Waals surface area contributed by atoms with Crippen LogP contribution in [0.1, 0.15) is 13.3 Å². The van der Waals surface area contributed by atoms with Gasteiger partial charge in [0.2, 0.25) is 0 Å². The van der Waals surface area contributed by atoms with E-state index < -0.39 is 41.4 Å². The van der Waals surface area contributed by atoms with Crippen molar-refractivity contribution in [2.45, 2.75) is 31.7 Å². The predicted octanol–water partition coefficient (Wildman–Crippen LogP) is 0.382. The van der Waals surface area contributed by atoms with E-state index in [1.807, 2.05) is 0 Å². The first-order valence-corrected chi connectivity index (χ1v) is 10.1. The van der Waals surface area contributed by atoms with Crippen LogP contribution < -0.4 is 0 Å². The third-order valence-corrected chi connectivity index (χ3v) is 6.06. The summed E-state index contributed by atoms with van der Waals surface area (Å²) in [6.07, 6.45) is -2.46. The SMILES string of the molecule is C=C(OP(=O)(O)OP(=O)(O)OP(=O)(O)O)C1OC(C)CC1O. The van der Waals surface area contributed by atoms with Crippen molar-refractivity contribution >= 4 is 23.5 Å². The molecule has 130 valence electrons. The molecule has 1 saturated heterocycles. The standard InChI is InChI=1S/C7H15O12P3/c1-4-3-6(8)7(16-4)5(2)17-21(12,13)19-22(14,15)18-20(9,10)11/h4,6-8H,2-3H2,1H3,(H,12,13)(H,14,15)(H2,9,10,11). The molecule has 5 atom stereocenters. The lowest BCUT2D eigenvalue weighted by Gasteiger charge is -2.21. The fourth-order valence-corrected chi connectivity index (χ4v) is 4.69. The van der Waals surface area contributed by atoms with Gasteiger partial charge in [0, 0.05) is 6.42 Å². The van der Waals surface area contributed by atoms with E-state index in [1.165, 1.54) is 0 Å². The molecule has 1 fully saturated rings. The Kier molecular flexibility index (Phi) is 6.17. The summed E-state index contributed by atoms with van der Waals surface area (Å²) in [5.41, 5.74) is 0. The highest BCUT2D eigenvalue weighted by atomic mass is 31.3. The largest absolute Gasteiger partial charge is 0.536 e. The maximum absolute atomic E-state index is 11.5. The number of phosphoric ester groups is 1. The third kappa shape index (κ3) is 6.57. The molecule has 1 heterocycles. The van der Waals surface area contributed by atoms with Crippen molar-refractivity contribution in [1.29, 1.82) is 0 Å². The van der Waals surface area contributed by atoms with Crippen LogP contribution in [0, 0.1) is 0 Å². The second-order valence-corrected chi connectivity index (χ2v) is 8.66. The molecule has 5 N–H and O–H groups in total. The highest BCUT2D eigenvalue weighted by Crippen LogP contribution is 2.66. The average molecular weight is 384 g/mol. The lowest BCUT2D eigenvalue weighted by atomic mass is 10.1. The van der Waals surface area contributed by atoms with Crippen molar-refractivity contribution in [1.82, 2.24) is 0 Å². The van der Waals surface area contributed by atoms with Gasteiger partial charge in [0.05, 0.1) is 12.2 Å². The Balaban J connectivity index is 2.71. The summed E-state index contributed by atoms with van der Waals surface area (Å²) in [6, 6.07) is 0. The van der Waals surface area contributed by atoms with Crippen molar-refractivity contribution in [2.75, 3.05) is 0 Å². The van der Waals surface area contributed by atoms with E-state index in [0.29, 0.717) is 0 Å². The maximum Gasteiger partial charge on any atom is 0.536 e. The van der Waals surface area contributed by atoms with Gasteiger partial charge in [0.1, 0.15) is 11.9 Å². The topological polar surface area (TPSA) is 189 Å². The number of rotatable bonds is 7. The van der Waals surface area contributed by atoms with Gasteiger partial charge >= 0.3 is 23.5 Å². The molecule has 5 unspecified atom stereocenters. The second-order valence-electron chi connectivity index (χ2n) is 4.32. The number of ether oxygens (including phenoxy) is 1. The minimum absolute atomic E-state index is 0.198. The second kappa shape index (κ2) is 6.80. The first-order valence-electron chi connectivity index (χ1n) is 5.56. The summed E-state index contributed by atoms with van der Waals surface area (Å²) in [5.74, 6) is -0.570. The molecule has 1 aliphatic rings. The lowest BCUT2D eigenvalue weighted by Crippen LogP contribution is -2.23. The van der Waals surface area contributed by atoms with Gasteiger partial charge in [-0.1, -0.05) is 6.58 Å². The number of aliphatic hydroxyl groups excluding tert-OH is 1. The molecule has 12 nitrogen and oxygen atoms in total. The fourth-order valence-electron chi connectivity index (χ4n) is 1.65. The zero-order valence-corrected chi connectivity index (χ0v) is 13.8. The molecular weight excluding hydrogens is 369 g/mol. The van der Waals surface area contributed by atoms with E-state index in [0.717, 1.165) is 0 Å². The van der Waals surface area contributed by atoms with Gasteiger partial charge in [0.25, 0.3) is 0 Å². The smallest absolute Gasteiger partial charge is 0.406 e. The van der Waals surface area contributed by atoms with Crippen LogP contribution in [-0.2, 0) is 31.6 Å². The molecule has 0 aromatic carbocycles. The first-order chi connectivity index (χ1) is 9.71. The molecular formula is C7H15O12P3. The Morgan fingerprint density at radius 2 is 1.68 bits per heavy atom. The summed E-state index contributed by atoms with van der Waals surface area (Å²) in [6.45, 7) is 4.84. The molecule has 1 rings (SSSR count). The van der Waals surface area contributed by atoms with Gasteiger partial charge in [-0.25, -0.2) is 13.7 Å². The summed E-state index contributed by atoms with van der Waals surface area (Å²) in [4.78, 5) is 35.0. The third-order valence-electron chi connectivity index (χ3n) is 2.27. The molecule has 0 spiro atoms. The molecule has 1 aliphatic heterocycles. The monoisotopic (exact) mass is 384 g/mol. The summed E-state index contributed by atoms with van der Waals surface area (Å²) in [7, 11) is -16.4. The van der Waals surface area contributed by atoms with Crippen molar-refractivity contribution in [3.8, 4) is 0 Å². The molecule has 0 bridgehead atoms. The number of phosphoric acid groups is 3. The summed E-state index contributed by atoms with van der Waals surface area (Å²) in [5, 5.41) is 9.60. The highest BCUT2D eigenvalue weighted by molar-refractivity contribution is 7.66. The Morgan fingerprint density at radius 3 is 2.09 bits per heavy atom. The van der Waals surface area contributed by atoms with Gasteiger partial charge in [-0.15, -0.1) is 0 Å². The minimum Gasteiger partial charge on any atom is -0.406 e. The van der Waals surface area contributed by atoms with Crippen LogP contribution in [0.2, 0.25) is 0 Å². The summed E-state index contributed by atoms with van der Waals surface area (Å²) >= 11 is 0. The quantitative estimate of drug-likeness (QED) is 0.300. The Bertz CT molecular complexity index is 567. The van der Waals surface area contributed by atoms with Gasteiger partial charge < -0.3 is 29.0 Å². The van der Waals surface area contributed by atoms with Crippen LogP contribution in [0.15, 0.2) is 12.3 Å². The highest BCUT2D eigenvalue weighted by Gasteiger charge is 2.43. The molecule has 0 amide bonds. The van der Waals surface area contributed by atoms with Crippen molar-refractivity contribution < 1.29 is 56.3 Å². The van der Waals surface area contributed by atoms with Crippen LogP contribution in [-0.4, -0.2) is 43.0 Å². The first kappa shape index (κ1) is 20.0. The Morgan fingerprint density at radius 1 is 1.14 bits per heavy atom. The van der Waals surface area contributed by atoms with Crippen molar-refractivity contribution in [2.24, 2.45) is 0 Å². The van der Waals surface area contributed by atoms with E-state index in [1.54, 1.807) is 6.92 Å². The van der Waals surface area contributed by atoms with Gasteiger partial charge in [-0.3, -0.25) is 4.89 Å². The van der Waals surface area contributed by atoms with E-state index in [4.69, 9.17) is 19.4 Å². The van der Waals surface area contributed by atoms with Crippen LogP contribution in [0.25, 0.3) is 0 Å². The van der Waals surface area contributed by atoms with E-state index in [2.05, 4.69) is 19.7 Å². The van der Waals surface area contributed by atoms with Gasteiger partial charge in [0.15, 0.2) is 0 Å². The lowest BCUT2D eigenvalue weighted by molar-refractivity contribution is 0.0152. The maximum atomic E-state index is 11.5. The van der Waals surface area contributed by atoms with E-state index in [9.17, 15) is 23.7 Å². The molecule has 0 aliphatic carbocycles. The van der Waals surface area contributed by atoms with Crippen molar-refractivity contribution in [3.05, 3.63) is 12.3 Å². The molecule has 15 heteroatoms. The minimum atomic E-state index is -5.60. The zero-order valence-electron chi connectivity index (χ0n) is 11.1. The van der Waals surface area contributed by atoms with Gasteiger partial charge in [-0.05, 0) is 6.92 Å². The number of hydrogen-bond donors (Lipinski definition) is 5. The molecule has 22 heavy (non-hydrogen) atoms. The normalized spacial score (nSPS) is 31.3. The van der Waals surface area contributed by atoms with E-state index >= 15 is 0 Å². The number of hydrogen-bond acceptors (Lipinski definition) is 8. The zero-order chi connectivity index (χ0) is 17.3. The number of aliphatic hydroxyl groups is 1. The molecule has 0 aromatic heterocycles. The van der Waals surface area contributed by atoms with Gasteiger partial charge in [-0.2, -0.15) is 8.62 Å². The van der Waals surface area contributed by atoms with Crippen LogP contribution in [0.5, 0.6) is 0 Å². The predicted molar refractivity (Wildman–Crippen MR) is 69.0 cm³/mol. The van der Waals surface area contributed by atoms with Crippen LogP contribution in [0.3, 0.4) is 0 Å². The average Bonchev–Trinajstić information content (AvgIpc) is 2.50. The van der Waals surface area contributed by atoms with E-state index in [-0.39, 0.29) is 12.5 Å². The molecule has 0 saturated carbocycles. The van der Waals surface area contributed by atoms with Crippen LogP contribution >= 0.6 is 23.5 Å². The van der Waals surface area contributed by atoms with Crippen molar-refractivity contribution in [3.63, 3.8) is 0 Å². The Hall–Kier alpha value is -0.0900. The fraction of sp³-hybridized carbons (Fsp3) is 0.714. The Labute approximate surface area is 124 Å².